The highest BCUT2D eigenvalue weighted by atomic mass is 79.9. The number of rotatable bonds is 4. The highest BCUT2D eigenvalue weighted by Crippen LogP contribution is 2.41. The normalized spacial score (nSPS) is 14.5. The van der Waals surface area contributed by atoms with Crippen molar-refractivity contribution in [3.05, 3.63) is 46.1 Å². The Morgan fingerprint density at radius 2 is 2.10 bits per heavy atom. The van der Waals surface area contributed by atoms with Crippen molar-refractivity contribution >= 4 is 21.9 Å². The molecule has 1 N–H and O–H groups in total. The summed E-state index contributed by atoms with van der Waals surface area (Å²) in [5, 5.41) is 9.34. The van der Waals surface area contributed by atoms with E-state index in [1.54, 1.807) is 6.07 Å². The van der Waals surface area contributed by atoms with E-state index in [0.29, 0.717) is 11.7 Å². The number of aryl methyl sites for hydroxylation is 1. The van der Waals surface area contributed by atoms with Crippen LogP contribution in [0, 0.1) is 0 Å². The first-order valence-electron chi connectivity index (χ1n) is 6.85. The molecule has 0 bridgehead atoms. The Hall–Kier alpha value is -1.55. The number of hydrogen-bond acceptors (Lipinski definition) is 1. The van der Waals surface area contributed by atoms with Gasteiger partial charge in [-0.3, -0.25) is 0 Å². The van der Waals surface area contributed by atoms with Crippen molar-refractivity contribution in [2.75, 3.05) is 0 Å². The number of hydrogen-bond donors (Lipinski definition) is 1. The lowest BCUT2D eigenvalue weighted by atomic mass is 10.0. The second kappa shape index (κ2) is 5.09. The Kier molecular flexibility index (Phi) is 3.42. The van der Waals surface area contributed by atoms with Crippen molar-refractivity contribution in [1.29, 1.82) is 0 Å². The van der Waals surface area contributed by atoms with Gasteiger partial charge in [0, 0.05) is 21.8 Å². The summed E-state index contributed by atoms with van der Waals surface area (Å²) in [6.45, 7) is 2.12. The van der Waals surface area contributed by atoms with E-state index in [1.807, 2.05) is 16.7 Å². The predicted octanol–water partition coefficient (Wildman–Crippen LogP) is 4.51. The van der Waals surface area contributed by atoms with Crippen LogP contribution in [0.3, 0.4) is 0 Å². The molecule has 2 aromatic rings. The Balaban J connectivity index is 2.17. The molecule has 0 spiro atoms. The van der Waals surface area contributed by atoms with Gasteiger partial charge in [0.15, 0.2) is 0 Å². The Morgan fingerprint density at radius 3 is 2.70 bits per heavy atom. The maximum absolute atomic E-state index is 11.4. The van der Waals surface area contributed by atoms with Crippen LogP contribution in [0.5, 0.6) is 0 Å². The van der Waals surface area contributed by atoms with E-state index in [2.05, 4.69) is 35.0 Å². The predicted molar refractivity (Wildman–Crippen MR) is 82.2 cm³/mol. The third-order valence-corrected chi connectivity index (χ3v) is 4.27. The van der Waals surface area contributed by atoms with Gasteiger partial charge in [0.1, 0.15) is 5.69 Å². The van der Waals surface area contributed by atoms with Crippen LogP contribution < -0.4 is 0 Å². The molecule has 1 heterocycles. The van der Waals surface area contributed by atoms with E-state index in [1.165, 1.54) is 5.56 Å². The molecule has 3 rings (SSSR count). The molecule has 0 unspecified atom stereocenters. The average molecular weight is 334 g/mol. The van der Waals surface area contributed by atoms with E-state index >= 15 is 0 Å². The zero-order valence-corrected chi connectivity index (χ0v) is 12.9. The van der Waals surface area contributed by atoms with Crippen LogP contribution in [0.25, 0.3) is 11.3 Å². The quantitative estimate of drug-likeness (QED) is 0.894. The molecule has 1 saturated carbocycles. The first kappa shape index (κ1) is 13.4. The summed E-state index contributed by atoms with van der Waals surface area (Å²) in [4.78, 5) is 11.4. The minimum absolute atomic E-state index is 0.347. The summed E-state index contributed by atoms with van der Waals surface area (Å²) in [5.74, 6) is -0.849. The summed E-state index contributed by atoms with van der Waals surface area (Å²) in [7, 11) is 0. The van der Waals surface area contributed by atoms with Gasteiger partial charge < -0.3 is 9.67 Å². The number of carboxylic acids is 1. The first-order chi connectivity index (χ1) is 9.61. The van der Waals surface area contributed by atoms with Crippen LogP contribution in [-0.2, 0) is 6.42 Å². The molecule has 1 aliphatic carbocycles. The van der Waals surface area contributed by atoms with Crippen LogP contribution in [0.4, 0.5) is 0 Å². The van der Waals surface area contributed by atoms with E-state index in [9.17, 15) is 9.90 Å². The Labute approximate surface area is 126 Å². The minimum Gasteiger partial charge on any atom is -0.477 e. The summed E-state index contributed by atoms with van der Waals surface area (Å²) in [6.07, 6.45) is 3.06. The van der Waals surface area contributed by atoms with Gasteiger partial charge in [0.25, 0.3) is 0 Å². The molecular weight excluding hydrogens is 318 g/mol. The van der Waals surface area contributed by atoms with Crippen molar-refractivity contribution in [2.45, 2.75) is 32.2 Å². The lowest BCUT2D eigenvalue weighted by Gasteiger charge is -2.14. The molecule has 0 saturated heterocycles. The first-order valence-corrected chi connectivity index (χ1v) is 7.64. The average Bonchev–Trinajstić information content (AvgIpc) is 3.17. The van der Waals surface area contributed by atoms with Crippen molar-refractivity contribution in [1.82, 2.24) is 4.57 Å². The van der Waals surface area contributed by atoms with Gasteiger partial charge in [-0.05, 0) is 49.1 Å². The zero-order chi connectivity index (χ0) is 14.3. The van der Waals surface area contributed by atoms with Gasteiger partial charge in [-0.25, -0.2) is 4.79 Å². The number of carboxylic acid groups (broad SMARTS) is 1. The van der Waals surface area contributed by atoms with Crippen LogP contribution in [-0.4, -0.2) is 15.6 Å². The highest BCUT2D eigenvalue weighted by Gasteiger charge is 2.30. The van der Waals surface area contributed by atoms with Gasteiger partial charge in [0.2, 0.25) is 0 Å². The van der Waals surface area contributed by atoms with Crippen LogP contribution in [0.15, 0.2) is 34.8 Å². The maximum atomic E-state index is 11.4. The van der Waals surface area contributed by atoms with E-state index in [-0.39, 0.29) is 0 Å². The number of benzene rings is 1. The molecule has 3 nitrogen and oxygen atoms in total. The number of halogens is 1. The van der Waals surface area contributed by atoms with Gasteiger partial charge >= 0.3 is 5.97 Å². The van der Waals surface area contributed by atoms with Crippen LogP contribution in [0.1, 0.15) is 41.9 Å². The topological polar surface area (TPSA) is 42.2 Å². The fraction of sp³-hybridized carbons (Fsp3) is 0.312. The third-order valence-electron chi connectivity index (χ3n) is 3.77. The van der Waals surface area contributed by atoms with E-state index in [0.717, 1.165) is 35.0 Å². The van der Waals surface area contributed by atoms with Crippen LogP contribution in [0.2, 0.25) is 0 Å². The molecule has 4 heteroatoms. The molecule has 0 radical (unpaired) electrons. The number of carbonyl (C=O) groups is 1. The van der Waals surface area contributed by atoms with Crippen LogP contribution >= 0.6 is 15.9 Å². The molecule has 1 aliphatic rings. The molecule has 1 aromatic heterocycles. The molecule has 0 amide bonds. The molecule has 104 valence electrons. The minimum atomic E-state index is -0.849. The fourth-order valence-corrected chi connectivity index (χ4v) is 3.08. The summed E-state index contributed by atoms with van der Waals surface area (Å²) in [5.41, 5.74) is 3.79. The van der Waals surface area contributed by atoms with E-state index < -0.39 is 5.97 Å². The maximum Gasteiger partial charge on any atom is 0.352 e. The zero-order valence-electron chi connectivity index (χ0n) is 11.3. The largest absolute Gasteiger partial charge is 0.477 e. The summed E-state index contributed by atoms with van der Waals surface area (Å²) in [6, 6.07) is 10.2. The number of nitrogens with zero attached hydrogens (tertiary/aromatic N) is 1. The number of aromatic carboxylic acids is 1. The van der Waals surface area contributed by atoms with Crippen molar-refractivity contribution in [2.24, 2.45) is 0 Å². The second-order valence-corrected chi connectivity index (χ2v) is 6.08. The lowest BCUT2D eigenvalue weighted by Crippen LogP contribution is -2.08. The monoisotopic (exact) mass is 333 g/mol. The molecule has 1 aromatic carbocycles. The van der Waals surface area contributed by atoms with Crippen molar-refractivity contribution in [3.8, 4) is 11.3 Å². The molecule has 20 heavy (non-hydrogen) atoms. The smallest absolute Gasteiger partial charge is 0.352 e. The van der Waals surface area contributed by atoms with Crippen molar-refractivity contribution in [3.63, 3.8) is 0 Å². The highest BCUT2D eigenvalue weighted by molar-refractivity contribution is 9.10. The fourth-order valence-electron chi connectivity index (χ4n) is 2.67. The van der Waals surface area contributed by atoms with Gasteiger partial charge in [-0.15, -0.1) is 0 Å². The van der Waals surface area contributed by atoms with Gasteiger partial charge in [-0.1, -0.05) is 28.9 Å². The molecule has 0 atom stereocenters. The molecular formula is C16H16BrNO2. The standard InChI is InChI=1S/C16H16BrNO2/c1-2-10-9-11(17)3-6-13(10)14-7-8-15(16(19)20)18(14)12-4-5-12/h3,6-9,12H,2,4-5H2,1H3,(H,19,20). The molecule has 1 fully saturated rings. The summed E-state index contributed by atoms with van der Waals surface area (Å²) >= 11 is 3.50. The second-order valence-electron chi connectivity index (χ2n) is 5.17. The third kappa shape index (κ3) is 2.29. The van der Waals surface area contributed by atoms with Gasteiger partial charge in [0.05, 0.1) is 0 Å². The van der Waals surface area contributed by atoms with Crippen molar-refractivity contribution < 1.29 is 9.90 Å². The molecule has 0 aliphatic heterocycles. The van der Waals surface area contributed by atoms with Gasteiger partial charge in [-0.2, -0.15) is 0 Å². The lowest BCUT2D eigenvalue weighted by molar-refractivity contribution is 0.0685. The van der Waals surface area contributed by atoms with E-state index in [4.69, 9.17) is 0 Å². The SMILES string of the molecule is CCc1cc(Br)ccc1-c1ccc(C(=O)O)n1C1CC1. The number of aromatic nitrogens is 1. The Morgan fingerprint density at radius 1 is 1.35 bits per heavy atom. The Bertz CT molecular complexity index is 671. The summed E-state index contributed by atoms with van der Waals surface area (Å²) < 4.78 is 3.05.